The van der Waals surface area contributed by atoms with Gasteiger partial charge in [0.1, 0.15) is 6.04 Å². The summed E-state index contributed by atoms with van der Waals surface area (Å²) in [5, 5.41) is 14.4. The second-order valence-corrected chi connectivity index (χ2v) is 6.85. The normalized spacial score (nSPS) is 12.8. The predicted octanol–water partition coefficient (Wildman–Crippen LogP) is 2.41. The second-order valence-electron chi connectivity index (χ2n) is 4.59. The van der Waals surface area contributed by atoms with E-state index in [1.165, 1.54) is 0 Å². The van der Waals surface area contributed by atoms with E-state index in [4.69, 9.17) is 5.11 Å². The van der Waals surface area contributed by atoms with Crippen molar-refractivity contribution in [1.29, 1.82) is 0 Å². The molecule has 0 unspecified atom stereocenters. The Hall–Kier alpha value is -0.560. The van der Waals surface area contributed by atoms with Crippen LogP contribution in [0.2, 0.25) is 0 Å². The zero-order valence-electron chi connectivity index (χ0n) is 12.7. The van der Waals surface area contributed by atoms with E-state index < -0.39 is 18.0 Å². The number of carboxylic acid groups (broad SMARTS) is 1. The quantitative estimate of drug-likeness (QED) is 0.576. The predicted molar refractivity (Wildman–Crippen MR) is 87.8 cm³/mol. The molecule has 0 aliphatic heterocycles. The summed E-state index contributed by atoms with van der Waals surface area (Å²) < 4.78 is 0.0231. The van der Waals surface area contributed by atoms with E-state index in [1.54, 1.807) is 23.5 Å². The summed E-state index contributed by atoms with van der Waals surface area (Å²) in [6.07, 6.45) is 6.29. The molecule has 3 N–H and O–H groups in total. The number of amides is 2. The minimum absolute atomic E-state index is 0.0231. The van der Waals surface area contributed by atoms with Crippen molar-refractivity contribution >= 4 is 35.5 Å². The highest BCUT2D eigenvalue weighted by molar-refractivity contribution is 8.00. The molecule has 0 aromatic rings. The van der Waals surface area contributed by atoms with E-state index in [-0.39, 0.29) is 4.75 Å². The van der Waals surface area contributed by atoms with Crippen LogP contribution in [-0.2, 0) is 4.79 Å². The van der Waals surface area contributed by atoms with E-state index in [2.05, 4.69) is 24.5 Å². The summed E-state index contributed by atoms with van der Waals surface area (Å²) in [7, 11) is 0. The fraction of sp³-hybridized carbons (Fsp3) is 0.846. The van der Waals surface area contributed by atoms with Gasteiger partial charge in [-0.15, -0.1) is 0 Å². The lowest BCUT2D eigenvalue weighted by molar-refractivity contribution is -0.139. The molecule has 0 aliphatic carbocycles. The Kier molecular flexibility index (Phi) is 9.92. The molecule has 20 heavy (non-hydrogen) atoms. The summed E-state index contributed by atoms with van der Waals surface area (Å²) in [5.41, 5.74) is 0. The number of thioether (sulfide) groups is 2. The van der Waals surface area contributed by atoms with Gasteiger partial charge in [-0.3, -0.25) is 0 Å². The van der Waals surface area contributed by atoms with Gasteiger partial charge in [-0.1, -0.05) is 13.8 Å². The minimum atomic E-state index is -0.990. The van der Waals surface area contributed by atoms with Crippen LogP contribution >= 0.6 is 23.5 Å². The van der Waals surface area contributed by atoms with Gasteiger partial charge in [0.05, 0.1) is 0 Å². The van der Waals surface area contributed by atoms with Crippen LogP contribution in [0.25, 0.3) is 0 Å². The number of nitrogens with one attached hydrogen (secondary N) is 2. The standard InChI is InChI=1S/C13H26N2O3S2/c1-5-13(6-2,20-4)9-14-12(18)15-10(11(16)17)7-8-19-3/h10H,5-9H2,1-4H3,(H,16,17)(H2,14,15,18)/t10-/m0/s1. The Morgan fingerprint density at radius 2 is 1.85 bits per heavy atom. The molecular formula is C13H26N2O3S2. The molecule has 5 nitrogen and oxygen atoms in total. The summed E-state index contributed by atoms with van der Waals surface area (Å²) in [6, 6.07) is -1.23. The molecular weight excluding hydrogens is 296 g/mol. The molecule has 0 aromatic carbocycles. The van der Waals surface area contributed by atoms with Crippen LogP contribution in [0.5, 0.6) is 0 Å². The van der Waals surface area contributed by atoms with Crippen LogP contribution in [0.15, 0.2) is 0 Å². The maximum absolute atomic E-state index is 11.8. The first kappa shape index (κ1) is 19.4. The monoisotopic (exact) mass is 322 g/mol. The van der Waals surface area contributed by atoms with E-state index >= 15 is 0 Å². The van der Waals surface area contributed by atoms with Crippen LogP contribution in [-0.4, -0.2) is 52.7 Å². The number of hydrogen-bond acceptors (Lipinski definition) is 4. The fourth-order valence-electron chi connectivity index (χ4n) is 1.80. The SMILES string of the molecule is CCC(CC)(CNC(=O)N[C@@H](CCSC)C(=O)O)SC. The van der Waals surface area contributed by atoms with Gasteiger partial charge in [-0.2, -0.15) is 23.5 Å². The highest BCUT2D eigenvalue weighted by Gasteiger charge is 2.26. The molecule has 0 bridgehead atoms. The lowest BCUT2D eigenvalue weighted by Crippen LogP contribution is -2.49. The van der Waals surface area contributed by atoms with Gasteiger partial charge in [0.2, 0.25) is 0 Å². The van der Waals surface area contributed by atoms with Crippen molar-refractivity contribution in [3.05, 3.63) is 0 Å². The van der Waals surface area contributed by atoms with Crippen molar-refractivity contribution in [2.45, 2.75) is 43.9 Å². The average molecular weight is 322 g/mol. The van der Waals surface area contributed by atoms with Crippen LogP contribution < -0.4 is 10.6 Å². The average Bonchev–Trinajstić information content (AvgIpc) is 2.45. The number of aliphatic carboxylic acids is 1. The molecule has 0 spiro atoms. The van der Waals surface area contributed by atoms with Crippen LogP contribution in [0.3, 0.4) is 0 Å². The number of carbonyl (C=O) groups excluding carboxylic acids is 1. The molecule has 0 fully saturated rings. The van der Waals surface area contributed by atoms with E-state index in [0.29, 0.717) is 18.7 Å². The van der Waals surface area contributed by atoms with E-state index in [0.717, 1.165) is 12.8 Å². The van der Waals surface area contributed by atoms with Crippen molar-refractivity contribution < 1.29 is 14.7 Å². The number of rotatable bonds is 10. The Labute approximate surface area is 130 Å². The molecule has 0 rings (SSSR count). The van der Waals surface area contributed by atoms with Gasteiger partial charge >= 0.3 is 12.0 Å². The van der Waals surface area contributed by atoms with E-state index in [9.17, 15) is 9.59 Å². The Morgan fingerprint density at radius 3 is 2.25 bits per heavy atom. The number of urea groups is 1. The summed E-state index contributed by atoms with van der Waals surface area (Å²) >= 11 is 3.30. The molecule has 2 amide bonds. The van der Waals surface area contributed by atoms with Gasteiger partial charge in [-0.05, 0) is 37.5 Å². The van der Waals surface area contributed by atoms with Crippen molar-refractivity contribution in [3.8, 4) is 0 Å². The highest BCUT2D eigenvalue weighted by Crippen LogP contribution is 2.29. The van der Waals surface area contributed by atoms with Gasteiger partial charge in [0.25, 0.3) is 0 Å². The first-order valence-electron chi connectivity index (χ1n) is 6.76. The van der Waals surface area contributed by atoms with E-state index in [1.807, 2.05) is 12.5 Å². The maximum Gasteiger partial charge on any atom is 0.326 e. The maximum atomic E-state index is 11.8. The molecule has 1 atom stereocenters. The molecule has 7 heteroatoms. The summed E-state index contributed by atoms with van der Waals surface area (Å²) in [4.78, 5) is 22.9. The molecule has 118 valence electrons. The Balaban J connectivity index is 4.35. The van der Waals surface area contributed by atoms with Gasteiger partial charge in [-0.25, -0.2) is 9.59 Å². The second kappa shape index (κ2) is 10.2. The van der Waals surface area contributed by atoms with Crippen LogP contribution in [0.4, 0.5) is 4.79 Å². The first-order valence-corrected chi connectivity index (χ1v) is 9.37. The topological polar surface area (TPSA) is 78.4 Å². The first-order chi connectivity index (χ1) is 9.44. The van der Waals surface area contributed by atoms with Crippen molar-refractivity contribution in [3.63, 3.8) is 0 Å². The molecule has 0 saturated heterocycles. The molecule has 0 aromatic heterocycles. The van der Waals surface area contributed by atoms with Crippen molar-refractivity contribution in [2.75, 3.05) is 24.8 Å². The summed E-state index contributed by atoms with van der Waals surface area (Å²) in [5.74, 6) is -0.285. The highest BCUT2D eigenvalue weighted by atomic mass is 32.2. The number of carboxylic acids is 1. The van der Waals surface area contributed by atoms with Crippen LogP contribution in [0.1, 0.15) is 33.1 Å². The zero-order chi connectivity index (χ0) is 15.6. The molecule has 0 saturated carbocycles. The van der Waals surface area contributed by atoms with Crippen LogP contribution in [0, 0.1) is 0 Å². The zero-order valence-corrected chi connectivity index (χ0v) is 14.3. The molecule has 0 radical (unpaired) electrons. The van der Waals surface area contributed by atoms with Crippen molar-refractivity contribution in [1.82, 2.24) is 10.6 Å². The lowest BCUT2D eigenvalue weighted by atomic mass is 10.0. The fourth-order valence-corrected chi connectivity index (χ4v) is 3.07. The summed E-state index contributed by atoms with van der Waals surface area (Å²) in [6.45, 7) is 4.73. The third-order valence-electron chi connectivity index (χ3n) is 3.51. The lowest BCUT2D eigenvalue weighted by Gasteiger charge is -2.30. The Morgan fingerprint density at radius 1 is 1.25 bits per heavy atom. The largest absolute Gasteiger partial charge is 0.480 e. The number of carbonyl (C=O) groups is 2. The third-order valence-corrected chi connectivity index (χ3v) is 5.74. The van der Waals surface area contributed by atoms with Gasteiger partial charge < -0.3 is 15.7 Å². The minimum Gasteiger partial charge on any atom is -0.480 e. The van der Waals surface area contributed by atoms with Gasteiger partial charge in [0.15, 0.2) is 0 Å². The third kappa shape index (κ3) is 6.74. The Bertz CT molecular complexity index is 302. The number of hydrogen-bond donors (Lipinski definition) is 3. The smallest absolute Gasteiger partial charge is 0.326 e. The molecule has 0 aliphatic rings. The van der Waals surface area contributed by atoms with Crippen molar-refractivity contribution in [2.24, 2.45) is 0 Å². The molecule has 0 heterocycles. The van der Waals surface area contributed by atoms with Gasteiger partial charge in [0, 0.05) is 11.3 Å².